The maximum Gasteiger partial charge on any atom is 0.260 e. The summed E-state index contributed by atoms with van der Waals surface area (Å²) in [4.78, 5) is 18.3. The van der Waals surface area contributed by atoms with E-state index in [4.69, 9.17) is 21.1 Å². The Bertz CT molecular complexity index is 730. The van der Waals surface area contributed by atoms with Gasteiger partial charge in [-0.3, -0.25) is 4.79 Å². The second-order valence-corrected chi connectivity index (χ2v) is 6.50. The van der Waals surface area contributed by atoms with Gasteiger partial charge in [0.1, 0.15) is 16.9 Å². The van der Waals surface area contributed by atoms with Gasteiger partial charge in [0.2, 0.25) is 5.88 Å². The van der Waals surface area contributed by atoms with E-state index >= 15 is 0 Å². The summed E-state index contributed by atoms with van der Waals surface area (Å²) in [5.41, 5.74) is 1.11. The number of carbonyl (C=O) groups is 1. The van der Waals surface area contributed by atoms with Crippen LogP contribution in [-0.4, -0.2) is 41.6 Å². The Labute approximate surface area is 152 Å². The maximum absolute atomic E-state index is 12.3. The highest BCUT2D eigenvalue weighted by molar-refractivity contribution is 6.31. The predicted molar refractivity (Wildman–Crippen MR) is 96.2 cm³/mol. The average molecular weight is 361 g/mol. The zero-order chi connectivity index (χ0) is 17.6. The number of carbonyl (C=O) groups excluding carboxylic acids is 1. The monoisotopic (exact) mass is 360 g/mol. The van der Waals surface area contributed by atoms with Gasteiger partial charge in [-0.2, -0.15) is 0 Å². The summed E-state index contributed by atoms with van der Waals surface area (Å²) in [7, 11) is 0. The molecule has 1 aromatic heterocycles. The van der Waals surface area contributed by atoms with Gasteiger partial charge in [0.15, 0.2) is 6.61 Å². The van der Waals surface area contributed by atoms with E-state index in [-0.39, 0.29) is 18.6 Å². The van der Waals surface area contributed by atoms with Crippen molar-refractivity contribution in [3.8, 4) is 11.6 Å². The molecule has 5 nitrogen and oxygen atoms in total. The van der Waals surface area contributed by atoms with E-state index in [2.05, 4.69) is 4.98 Å². The second kappa shape index (κ2) is 8.21. The lowest BCUT2D eigenvalue weighted by Gasteiger charge is -2.32. The lowest BCUT2D eigenvalue weighted by Crippen LogP contribution is -2.43. The van der Waals surface area contributed by atoms with Crippen molar-refractivity contribution < 1.29 is 14.3 Å². The molecule has 1 aliphatic rings. The lowest BCUT2D eigenvalue weighted by atomic mass is 10.1. The van der Waals surface area contributed by atoms with Crippen molar-refractivity contribution in [2.24, 2.45) is 0 Å². The molecular formula is C19H21ClN2O3. The van der Waals surface area contributed by atoms with Crippen molar-refractivity contribution in [3.05, 3.63) is 53.2 Å². The van der Waals surface area contributed by atoms with Crippen molar-refractivity contribution in [2.75, 3.05) is 19.7 Å². The summed E-state index contributed by atoms with van der Waals surface area (Å²) in [6, 6.07) is 11.2. The van der Waals surface area contributed by atoms with Crippen LogP contribution in [0.1, 0.15) is 18.4 Å². The molecule has 0 unspecified atom stereocenters. The number of aromatic nitrogens is 1. The molecule has 25 heavy (non-hydrogen) atoms. The number of halogens is 1. The van der Waals surface area contributed by atoms with E-state index in [1.54, 1.807) is 18.3 Å². The van der Waals surface area contributed by atoms with Crippen molar-refractivity contribution in [2.45, 2.75) is 25.9 Å². The van der Waals surface area contributed by atoms with Gasteiger partial charge in [-0.05, 0) is 36.8 Å². The number of ether oxygens (including phenoxy) is 2. The minimum Gasteiger partial charge on any atom is -0.484 e. The van der Waals surface area contributed by atoms with Crippen LogP contribution in [-0.2, 0) is 4.79 Å². The van der Waals surface area contributed by atoms with Crippen LogP contribution >= 0.6 is 11.6 Å². The number of aryl methyl sites for hydroxylation is 1. The quantitative estimate of drug-likeness (QED) is 0.819. The molecule has 2 aromatic rings. The van der Waals surface area contributed by atoms with E-state index in [0.717, 1.165) is 24.2 Å². The van der Waals surface area contributed by atoms with Gasteiger partial charge in [-0.15, -0.1) is 0 Å². The molecule has 0 spiro atoms. The minimum atomic E-state index is -0.00387. The Kier molecular flexibility index (Phi) is 5.76. The number of hydrogen-bond donors (Lipinski definition) is 0. The minimum absolute atomic E-state index is 0.00387. The molecule has 2 heterocycles. The largest absolute Gasteiger partial charge is 0.484 e. The van der Waals surface area contributed by atoms with Crippen molar-refractivity contribution in [1.82, 2.24) is 9.88 Å². The van der Waals surface area contributed by atoms with Crippen LogP contribution in [0.2, 0.25) is 5.02 Å². The lowest BCUT2D eigenvalue weighted by molar-refractivity contribution is -0.135. The van der Waals surface area contributed by atoms with Crippen LogP contribution in [0.25, 0.3) is 0 Å². The highest BCUT2D eigenvalue weighted by Crippen LogP contribution is 2.24. The van der Waals surface area contributed by atoms with Crippen molar-refractivity contribution in [3.63, 3.8) is 0 Å². The van der Waals surface area contributed by atoms with E-state index in [1.807, 2.05) is 36.1 Å². The van der Waals surface area contributed by atoms with Crippen molar-refractivity contribution in [1.29, 1.82) is 0 Å². The van der Waals surface area contributed by atoms with Crippen LogP contribution in [0.15, 0.2) is 42.6 Å². The van der Waals surface area contributed by atoms with Gasteiger partial charge in [-0.1, -0.05) is 23.7 Å². The summed E-state index contributed by atoms with van der Waals surface area (Å²) in [6.45, 7) is 3.34. The third-order valence-corrected chi connectivity index (χ3v) is 4.44. The molecule has 1 amide bonds. The first-order valence-corrected chi connectivity index (χ1v) is 8.74. The molecular weight excluding hydrogens is 340 g/mol. The Morgan fingerprint density at radius 2 is 2.08 bits per heavy atom. The third kappa shape index (κ3) is 4.86. The number of nitrogens with zero attached hydrogens (tertiary/aromatic N) is 2. The number of hydrogen-bond acceptors (Lipinski definition) is 4. The summed E-state index contributed by atoms with van der Waals surface area (Å²) in [5, 5.41) is 0.507. The first-order valence-electron chi connectivity index (χ1n) is 8.36. The molecule has 0 atom stereocenters. The fraction of sp³-hybridized carbons (Fsp3) is 0.368. The van der Waals surface area contributed by atoms with Gasteiger partial charge in [0, 0.05) is 32.1 Å². The normalized spacial score (nSPS) is 15.0. The van der Waals surface area contributed by atoms with Crippen LogP contribution in [0.3, 0.4) is 0 Å². The molecule has 132 valence electrons. The number of amides is 1. The van der Waals surface area contributed by atoms with E-state index in [0.29, 0.717) is 24.0 Å². The van der Waals surface area contributed by atoms with Crippen LogP contribution in [0.5, 0.6) is 11.6 Å². The second-order valence-electron chi connectivity index (χ2n) is 6.09. The zero-order valence-corrected chi connectivity index (χ0v) is 14.9. The van der Waals surface area contributed by atoms with Gasteiger partial charge in [0.25, 0.3) is 5.91 Å². The SMILES string of the molecule is Cc1cccc(OCC(=O)N2CCC(Oc3ncccc3Cl)CC2)c1. The Hall–Kier alpha value is -2.27. The van der Waals surface area contributed by atoms with Crippen LogP contribution in [0, 0.1) is 6.92 Å². The Balaban J connectivity index is 1.45. The number of pyridine rings is 1. The van der Waals surface area contributed by atoms with Gasteiger partial charge >= 0.3 is 0 Å². The van der Waals surface area contributed by atoms with Gasteiger partial charge in [0.05, 0.1) is 0 Å². The predicted octanol–water partition coefficient (Wildman–Crippen LogP) is 3.49. The molecule has 0 saturated carbocycles. The standard InChI is InChI=1S/C19H21ClN2O3/c1-14-4-2-5-16(12-14)24-13-18(23)22-10-7-15(8-11-22)25-19-17(20)6-3-9-21-19/h2-6,9,12,15H,7-8,10-11,13H2,1H3. The van der Waals surface area contributed by atoms with E-state index in [1.165, 1.54) is 0 Å². The number of benzene rings is 1. The number of likely N-dealkylation sites (tertiary alicyclic amines) is 1. The molecule has 1 aromatic carbocycles. The first-order chi connectivity index (χ1) is 12.1. The van der Waals surface area contributed by atoms with E-state index in [9.17, 15) is 4.79 Å². The fourth-order valence-electron chi connectivity index (χ4n) is 2.78. The molecule has 0 N–H and O–H groups in total. The average Bonchev–Trinajstić information content (AvgIpc) is 2.62. The van der Waals surface area contributed by atoms with Crippen LogP contribution in [0.4, 0.5) is 0 Å². The highest BCUT2D eigenvalue weighted by atomic mass is 35.5. The van der Waals surface area contributed by atoms with Crippen LogP contribution < -0.4 is 9.47 Å². The molecule has 3 rings (SSSR count). The Morgan fingerprint density at radius 1 is 1.28 bits per heavy atom. The molecule has 1 fully saturated rings. The van der Waals surface area contributed by atoms with Gasteiger partial charge < -0.3 is 14.4 Å². The molecule has 1 saturated heterocycles. The topological polar surface area (TPSA) is 51.7 Å². The molecule has 0 aliphatic carbocycles. The number of piperidine rings is 1. The van der Waals surface area contributed by atoms with E-state index < -0.39 is 0 Å². The molecule has 6 heteroatoms. The van der Waals surface area contributed by atoms with Crippen molar-refractivity contribution >= 4 is 17.5 Å². The number of rotatable bonds is 5. The smallest absolute Gasteiger partial charge is 0.260 e. The first kappa shape index (κ1) is 17.5. The summed E-state index contributed by atoms with van der Waals surface area (Å²) < 4.78 is 11.4. The fourth-order valence-corrected chi connectivity index (χ4v) is 2.95. The molecule has 0 radical (unpaired) electrons. The summed E-state index contributed by atoms with van der Waals surface area (Å²) in [6.07, 6.45) is 3.18. The molecule has 0 bridgehead atoms. The summed E-state index contributed by atoms with van der Waals surface area (Å²) in [5.74, 6) is 1.17. The van der Waals surface area contributed by atoms with Gasteiger partial charge in [-0.25, -0.2) is 4.98 Å². The summed E-state index contributed by atoms with van der Waals surface area (Å²) >= 11 is 6.06. The zero-order valence-electron chi connectivity index (χ0n) is 14.2. The third-order valence-electron chi connectivity index (χ3n) is 4.15. The highest BCUT2D eigenvalue weighted by Gasteiger charge is 2.25. The molecule has 1 aliphatic heterocycles. The maximum atomic E-state index is 12.3. The Morgan fingerprint density at radius 3 is 2.80 bits per heavy atom.